The molecule has 1 N–H and O–H groups in total. The fraction of sp³-hybridized carbons (Fsp3) is 0.324. The maximum Gasteiger partial charge on any atom is 0.280 e. The van der Waals surface area contributed by atoms with Crippen molar-refractivity contribution < 1.29 is 14.3 Å². The standard InChI is InChI=1S/C34H35ClN4O3/c1-18(2)38-29-28(37-30(38)23-13-11-21(33(5,6)7)16-27(23)42-8)31(40)39(26-17-22(35)12-10-20(26)4)34(29)24-14-9-19(3)15-25(24)36-32(34)41/h9-18H,1-8H3,(H,36,41). The molecule has 1 spiro atoms. The number of amides is 2. The molecule has 2 aliphatic rings. The highest BCUT2D eigenvalue weighted by Crippen LogP contribution is 2.55. The lowest BCUT2D eigenvalue weighted by Gasteiger charge is -2.36. The molecule has 2 aliphatic heterocycles. The number of fused-ring (bicyclic) bond motifs is 4. The van der Waals surface area contributed by atoms with Crippen LogP contribution in [0.3, 0.4) is 0 Å². The number of aryl methyl sites for hydroxylation is 2. The molecule has 0 aliphatic carbocycles. The number of imidazole rings is 1. The van der Waals surface area contributed by atoms with Gasteiger partial charge in [0.15, 0.2) is 11.2 Å². The lowest BCUT2D eigenvalue weighted by molar-refractivity contribution is -0.119. The van der Waals surface area contributed by atoms with E-state index in [0.29, 0.717) is 39.2 Å². The van der Waals surface area contributed by atoms with Gasteiger partial charge in [0.1, 0.15) is 11.6 Å². The number of halogens is 1. The van der Waals surface area contributed by atoms with Gasteiger partial charge in [-0.15, -0.1) is 0 Å². The Kier molecular flexibility index (Phi) is 6.32. The number of rotatable bonds is 4. The average molecular weight is 583 g/mol. The maximum atomic E-state index is 14.6. The first-order valence-corrected chi connectivity index (χ1v) is 14.5. The molecule has 0 fully saturated rings. The zero-order valence-electron chi connectivity index (χ0n) is 25.2. The Bertz CT molecular complexity index is 1800. The molecule has 1 aromatic heterocycles. The number of carbonyl (C=O) groups is 2. The lowest BCUT2D eigenvalue weighted by Crippen LogP contribution is -2.51. The summed E-state index contributed by atoms with van der Waals surface area (Å²) in [5, 5.41) is 3.57. The molecule has 0 saturated heterocycles. The third kappa shape index (κ3) is 3.83. The number of anilines is 2. The summed E-state index contributed by atoms with van der Waals surface area (Å²) in [5.41, 5.74) is 4.85. The predicted molar refractivity (Wildman–Crippen MR) is 167 cm³/mol. The number of aromatic nitrogens is 2. The van der Waals surface area contributed by atoms with Gasteiger partial charge in [0.2, 0.25) is 0 Å². The number of nitrogens with one attached hydrogen (secondary N) is 1. The summed E-state index contributed by atoms with van der Waals surface area (Å²) in [6.45, 7) is 14.4. The molecule has 2 amide bonds. The van der Waals surface area contributed by atoms with Gasteiger partial charge in [-0.3, -0.25) is 14.5 Å². The van der Waals surface area contributed by atoms with Crippen LogP contribution in [-0.4, -0.2) is 28.5 Å². The Morgan fingerprint density at radius 3 is 2.40 bits per heavy atom. The van der Waals surface area contributed by atoms with E-state index in [0.717, 1.165) is 22.3 Å². The fourth-order valence-corrected chi connectivity index (χ4v) is 6.48. The smallest absolute Gasteiger partial charge is 0.280 e. The van der Waals surface area contributed by atoms with Crippen LogP contribution in [-0.2, 0) is 15.7 Å². The maximum absolute atomic E-state index is 14.6. The largest absolute Gasteiger partial charge is 0.496 e. The van der Waals surface area contributed by atoms with Crippen molar-refractivity contribution in [3.8, 4) is 17.1 Å². The Morgan fingerprint density at radius 2 is 1.74 bits per heavy atom. The van der Waals surface area contributed by atoms with Crippen LogP contribution in [0.15, 0.2) is 54.6 Å². The number of methoxy groups -OCH3 is 1. The Balaban J connectivity index is 1.71. The van der Waals surface area contributed by atoms with E-state index in [2.05, 4.69) is 32.2 Å². The van der Waals surface area contributed by atoms with Crippen LogP contribution < -0.4 is 15.0 Å². The minimum absolute atomic E-state index is 0.0832. The molecule has 3 aromatic carbocycles. The van der Waals surface area contributed by atoms with Gasteiger partial charge in [-0.1, -0.05) is 56.6 Å². The first-order chi connectivity index (χ1) is 19.8. The zero-order valence-corrected chi connectivity index (χ0v) is 26.0. The quantitative estimate of drug-likeness (QED) is 0.269. The second kappa shape index (κ2) is 9.46. The van der Waals surface area contributed by atoms with Gasteiger partial charge in [-0.05, 0) is 80.1 Å². The van der Waals surface area contributed by atoms with Gasteiger partial charge < -0.3 is 14.6 Å². The SMILES string of the molecule is COc1cc(C(C)(C)C)ccc1-c1nc2c(n1C(C)C)C1(C(=O)Nc3cc(C)ccc31)N(c1cc(Cl)ccc1C)C2=O. The molecule has 1 unspecified atom stereocenters. The van der Waals surface area contributed by atoms with E-state index in [-0.39, 0.29) is 29.0 Å². The van der Waals surface area contributed by atoms with E-state index < -0.39 is 5.54 Å². The Hall–Kier alpha value is -4.10. The summed E-state index contributed by atoms with van der Waals surface area (Å²) in [5.74, 6) is 0.572. The number of ether oxygens (including phenoxy) is 1. The van der Waals surface area contributed by atoms with E-state index in [1.165, 1.54) is 0 Å². The van der Waals surface area contributed by atoms with Crippen LogP contribution in [0.25, 0.3) is 11.4 Å². The normalized spacial score (nSPS) is 17.7. The molecule has 42 heavy (non-hydrogen) atoms. The molecule has 0 bridgehead atoms. The van der Waals surface area contributed by atoms with Crippen LogP contribution in [0.4, 0.5) is 11.4 Å². The number of nitrogens with zero attached hydrogens (tertiary/aromatic N) is 3. The first kappa shape index (κ1) is 28.0. The van der Waals surface area contributed by atoms with Gasteiger partial charge in [0.05, 0.1) is 24.1 Å². The minimum Gasteiger partial charge on any atom is -0.496 e. The summed E-state index contributed by atoms with van der Waals surface area (Å²) in [7, 11) is 1.64. The third-order valence-corrected chi connectivity index (χ3v) is 8.61. The van der Waals surface area contributed by atoms with E-state index >= 15 is 0 Å². The van der Waals surface area contributed by atoms with Crippen LogP contribution in [0.2, 0.25) is 5.02 Å². The van der Waals surface area contributed by atoms with Crippen molar-refractivity contribution in [3.63, 3.8) is 0 Å². The number of hydrogen-bond donors (Lipinski definition) is 1. The van der Waals surface area contributed by atoms with Crippen molar-refractivity contribution in [2.45, 2.75) is 65.5 Å². The van der Waals surface area contributed by atoms with Crippen LogP contribution in [0, 0.1) is 13.8 Å². The van der Waals surface area contributed by atoms with Crippen molar-refractivity contribution in [3.05, 3.63) is 93.3 Å². The fourth-order valence-electron chi connectivity index (χ4n) is 6.31. The number of carbonyl (C=O) groups excluding carboxylic acids is 2. The second-order valence-electron chi connectivity index (χ2n) is 12.5. The molecule has 8 heteroatoms. The predicted octanol–water partition coefficient (Wildman–Crippen LogP) is 7.56. The molecule has 6 rings (SSSR count). The lowest BCUT2D eigenvalue weighted by atomic mass is 9.86. The first-order valence-electron chi connectivity index (χ1n) is 14.2. The number of hydrogen-bond acceptors (Lipinski definition) is 4. The van der Waals surface area contributed by atoms with Crippen molar-refractivity contribution >= 4 is 34.8 Å². The summed E-state index contributed by atoms with van der Waals surface area (Å²) >= 11 is 6.47. The minimum atomic E-state index is -1.49. The molecular weight excluding hydrogens is 548 g/mol. The van der Waals surface area contributed by atoms with Crippen molar-refractivity contribution in [2.24, 2.45) is 0 Å². The zero-order chi connectivity index (χ0) is 30.3. The molecule has 1 atom stereocenters. The average Bonchev–Trinajstić information content (AvgIpc) is 3.53. The third-order valence-electron chi connectivity index (χ3n) is 8.37. The number of benzene rings is 3. The highest BCUT2D eigenvalue weighted by molar-refractivity contribution is 6.31. The highest BCUT2D eigenvalue weighted by Gasteiger charge is 2.64. The van der Waals surface area contributed by atoms with Gasteiger partial charge in [-0.25, -0.2) is 4.98 Å². The summed E-state index contributed by atoms with van der Waals surface area (Å²) < 4.78 is 7.91. The highest BCUT2D eigenvalue weighted by atomic mass is 35.5. The van der Waals surface area contributed by atoms with E-state index in [1.54, 1.807) is 24.1 Å². The van der Waals surface area contributed by atoms with E-state index in [9.17, 15) is 9.59 Å². The van der Waals surface area contributed by atoms with Gasteiger partial charge >= 0.3 is 0 Å². The monoisotopic (exact) mass is 582 g/mol. The second-order valence-corrected chi connectivity index (χ2v) is 13.0. The topological polar surface area (TPSA) is 76.5 Å². The molecule has 7 nitrogen and oxygen atoms in total. The molecule has 3 heterocycles. The van der Waals surface area contributed by atoms with Gasteiger partial charge in [0.25, 0.3) is 11.8 Å². The van der Waals surface area contributed by atoms with Gasteiger partial charge in [-0.2, -0.15) is 0 Å². The summed E-state index contributed by atoms with van der Waals surface area (Å²) in [4.78, 5) is 35.7. The molecule has 216 valence electrons. The molecular formula is C34H35ClN4O3. The van der Waals surface area contributed by atoms with Crippen LogP contribution in [0.1, 0.15) is 79.1 Å². The molecule has 0 saturated carbocycles. The Morgan fingerprint density at radius 1 is 1.00 bits per heavy atom. The summed E-state index contributed by atoms with van der Waals surface area (Å²) in [6, 6.07) is 17.2. The van der Waals surface area contributed by atoms with Crippen LogP contribution >= 0.6 is 11.6 Å². The van der Waals surface area contributed by atoms with Crippen molar-refractivity contribution in [1.29, 1.82) is 0 Å². The van der Waals surface area contributed by atoms with Crippen LogP contribution in [0.5, 0.6) is 5.75 Å². The Labute approximate surface area is 251 Å². The summed E-state index contributed by atoms with van der Waals surface area (Å²) in [6.07, 6.45) is 0. The molecule has 4 aromatic rings. The molecule has 0 radical (unpaired) electrons. The van der Waals surface area contributed by atoms with E-state index in [1.807, 2.05) is 68.7 Å². The van der Waals surface area contributed by atoms with E-state index in [4.69, 9.17) is 21.3 Å². The van der Waals surface area contributed by atoms with Crippen molar-refractivity contribution in [1.82, 2.24) is 9.55 Å². The van der Waals surface area contributed by atoms with Gasteiger partial charge in [0, 0.05) is 22.3 Å². The van der Waals surface area contributed by atoms with Crippen molar-refractivity contribution in [2.75, 3.05) is 17.3 Å².